The number of hydrogen-bond acceptors (Lipinski definition) is 3. The Morgan fingerprint density at radius 2 is 1.32 bits per heavy atom. The van der Waals surface area contributed by atoms with Gasteiger partial charge in [0.2, 0.25) is 0 Å². The SMILES string of the molecule is COc1cccc(C)c1CP(c1cccc(C)c1O)c1c(C)cccc1OC. The first-order chi connectivity index (χ1) is 13.5. The number of aromatic hydroxyl groups is 1. The molecule has 0 spiro atoms. The van der Waals surface area contributed by atoms with Crippen LogP contribution in [0.1, 0.15) is 22.3 Å². The van der Waals surface area contributed by atoms with Crippen molar-refractivity contribution in [1.82, 2.24) is 0 Å². The van der Waals surface area contributed by atoms with Crippen LogP contribution in [-0.2, 0) is 6.16 Å². The maximum atomic E-state index is 10.9. The summed E-state index contributed by atoms with van der Waals surface area (Å²) in [4.78, 5) is 0. The van der Waals surface area contributed by atoms with E-state index in [9.17, 15) is 5.11 Å². The van der Waals surface area contributed by atoms with Crippen LogP contribution in [0.5, 0.6) is 17.2 Å². The zero-order chi connectivity index (χ0) is 20.3. The molecule has 1 atom stereocenters. The Balaban J connectivity index is 2.24. The molecule has 0 saturated carbocycles. The summed E-state index contributed by atoms with van der Waals surface area (Å²) in [6, 6.07) is 18.2. The Kier molecular flexibility index (Phi) is 6.26. The summed E-state index contributed by atoms with van der Waals surface area (Å²) in [6.07, 6.45) is 0.767. The predicted molar refractivity (Wildman–Crippen MR) is 118 cm³/mol. The molecule has 0 aliphatic rings. The first-order valence-electron chi connectivity index (χ1n) is 9.30. The van der Waals surface area contributed by atoms with Gasteiger partial charge >= 0.3 is 0 Å². The van der Waals surface area contributed by atoms with Crippen molar-refractivity contribution in [2.45, 2.75) is 26.9 Å². The maximum Gasteiger partial charge on any atom is 0.127 e. The zero-order valence-electron chi connectivity index (χ0n) is 17.1. The largest absolute Gasteiger partial charge is 0.507 e. The van der Waals surface area contributed by atoms with Crippen molar-refractivity contribution in [2.75, 3.05) is 14.2 Å². The average molecular weight is 394 g/mol. The lowest BCUT2D eigenvalue weighted by molar-refractivity contribution is 0.411. The van der Waals surface area contributed by atoms with Gasteiger partial charge in [-0.2, -0.15) is 0 Å². The lowest BCUT2D eigenvalue weighted by atomic mass is 10.1. The van der Waals surface area contributed by atoms with E-state index in [1.165, 1.54) is 16.7 Å². The summed E-state index contributed by atoms with van der Waals surface area (Å²) in [5.41, 5.74) is 4.40. The van der Waals surface area contributed by atoms with Crippen LogP contribution in [0.15, 0.2) is 54.6 Å². The standard InChI is InChI=1S/C24H27O3P/c1-16-9-6-12-20(26-4)19(16)15-28(22-14-8-10-17(2)23(22)25)24-18(3)11-7-13-21(24)27-5/h6-14,25H,15H2,1-5H3. The van der Waals surface area contributed by atoms with E-state index in [4.69, 9.17) is 9.47 Å². The minimum atomic E-state index is -0.905. The number of phenolic OH excluding ortho intramolecular Hbond substituents is 1. The molecule has 1 N–H and O–H groups in total. The van der Waals surface area contributed by atoms with E-state index in [-0.39, 0.29) is 0 Å². The molecule has 0 aliphatic heterocycles. The first kappa shape index (κ1) is 20.2. The average Bonchev–Trinajstić information content (AvgIpc) is 2.69. The topological polar surface area (TPSA) is 38.7 Å². The minimum absolute atomic E-state index is 0.367. The van der Waals surface area contributed by atoms with Crippen molar-refractivity contribution in [3.8, 4) is 17.2 Å². The van der Waals surface area contributed by atoms with Crippen LogP contribution < -0.4 is 20.1 Å². The van der Waals surface area contributed by atoms with Gasteiger partial charge in [-0.1, -0.05) is 42.5 Å². The molecule has 28 heavy (non-hydrogen) atoms. The fraction of sp³-hybridized carbons (Fsp3) is 0.250. The Morgan fingerprint density at radius 3 is 2.00 bits per heavy atom. The van der Waals surface area contributed by atoms with Crippen molar-refractivity contribution in [2.24, 2.45) is 0 Å². The fourth-order valence-corrected chi connectivity index (χ4v) is 6.44. The van der Waals surface area contributed by atoms with Crippen molar-refractivity contribution in [3.63, 3.8) is 0 Å². The number of para-hydroxylation sites is 1. The second-order valence-electron chi connectivity index (χ2n) is 6.91. The quantitative estimate of drug-likeness (QED) is 0.600. The maximum absolute atomic E-state index is 10.9. The highest BCUT2D eigenvalue weighted by atomic mass is 31.1. The molecular weight excluding hydrogens is 367 g/mol. The molecule has 146 valence electrons. The summed E-state index contributed by atoms with van der Waals surface area (Å²) in [7, 11) is 2.51. The molecule has 0 aliphatic carbocycles. The third-order valence-corrected chi connectivity index (χ3v) is 7.79. The van der Waals surface area contributed by atoms with Crippen LogP contribution in [0.25, 0.3) is 0 Å². The molecule has 3 aromatic carbocycles. The number of methoxy groups -OCH3 is 2. The highest BCUT2D eigenvalue weighted by Crippen LogP contribution is 2.46. The number of phenols is 1. The van der Waals surface area contributed by atoms with E-state index in [0.29, 0.717) is 5.75 Å². The van der Waals surface area contributed by atoms with Gasteiger partial charge in [0.25, 0.3) is 0 Å². The lowest BCUT2D eigenvalue weighted by Gasteiger charge is -2.25. The van der Waals surface area contributed by atoms with Gasteiger partial charge in [0.1, 0.15) is 17.2 Å². The molecule has 0 fully saturated rings. The minimum Gasteiger partial charge on any atom is -0.507 e. The Morgan fingerprint density at radius 1 is 0.750 bits per heavy atom. The molecule has 0 saturated heterocycles. The van der Waals surface area contributed by atoms with E-state index in [1.807, 2.05) is 49.4 Å². The van der Waals surface area contributed by atoms with Crippen molar-refractivity contribution < 1.29 is 14.6 Å². The van der Waals surface area contributed by atoms with Gasteiger partial charge in [0, 0.05) is 22.3 Å². The van der Waals surface area contributed by atoms with Crippen molar-refractivity contribution >= 4 is 18.5 Å². The van der Waals surface area contributed by atoms with Gasteiger partial charge < -0.3 is 14.6 Å². The molecule has 4 heteroatoms. The highest BCUT2D eigenvalue weighted by molar-refractivity contribution is 7.72. The first-order valence-corrected chi connectivity index (χ1v) is 10.8. The summed E-state index contributed by atoms with van der Waals surface area (Å²) in [5, 5.41) is 13.0. The Labute approximate surface area is 168 Å². The number of aryl methyl sites for hydroxylation is 3. The molecule has 0 heterocycles. The van der Waals surface area contributed by atoms with Crippen LogP contribution in [0.3, 0.4) is 0 Å². The molecule has 0 amide bonds. The summed E-state index contributed by atoms with van der Waals surface area (Å²) >= 11 is 0. The van der Waals surface area contributed by atoms with Gasteiger partial charge in [-0.25, -0.2) is 0 Å². The number of rotatable bonds is 6. The zero-order valence-corrected chi connectivity index (χ0v) is 18.0. The predicted octanol–water partition coefficient (Wildman–Crippen LogP) is 4.97. The normalized spacial score (nSPS) is 11.9. The number of ether oxygens (including phenoxy) is 2. The van der Waals surface area contributed by atoms with E-state index in [1.54, 1.807) is 14.2 Å². The summed E-state index contributed by atoms with van der Waals surface area (Å²) in [5.74, 6) is 2.11. The summed E-state index contributed by atoms with van der Waals surface area (Å²) < 4.78 is 11.4. The van der Waals surface area contributed by atoms with Crippen molar-refractivity contribution in [3.05, 3.63) is 76.9 Å². The van der Waals surface area contributed by atoms with Crippen LogP contribution in [0.4, 0.5) is 0 Å². The second kappa shape index (κ2) is 8.67. The van der Waals surface area contributed by atoms with Gasteiger partial charge in [-0.3, -0.25) is 0 Å². The van der Waals surface area contributed by atoms with E-state index in [2.05, 4.69) is 26.0 Å². The molecule has 0 bridgehead atoms. The van der Waals surface area contributed by atoms with Crippen molar-refractivity contribution in [1.29, 1.82) is 0 Å². The fourth-order valence-electron chi connectivity index (χ4n) is 3.52. The molecule has 3 rings (SSSR count). The monoisotopic (exact) mass is 394 g/mol. The van der Waals surface area contributed by atoms with Crippen LogP contribution in [-0.4, -0.2) is 19.3 Å². The smallest absolute Gasteiger partial charge is 0.127 e. The van der Waals surface area contributed by atoms with Gasteiger partial charge in [-0.05, 0) is 57.5 Å². The Bertz CT molecular complexity index is 982. The van der Waals surface area contributed by atoms with E-state index < -0.39 is 7.92 Å². The van der Waals surface area contributed by atoms with Crippen LogP contribution >= 0.6 is 7.92 Å². The highest BCUT2D eigenvalue weighted by Gasteiger charge is 2.25. The number of benzene rings is 3. The molecule has 1 unspecified atom stereocenters. The molecule has 3 aromatic rings. The van der Waals surface area contributed by atoms with E-state index >= 15 is 0 Å². The van der Waals surface area contributed by atoms with E-state index in [0.717, 1.165) is 33.8 Å². The molecule has 0 aromatic heterocycles. The van der Waals surface area contributed by atoms with Gasteiger partial charge in [-0.15, -0.1) is 0 Å². The second-order valence-corrected chi connectivity index (χ2v) is 9.01. The third kappa shape index (κ3) is 3.86. The Hall–Kier alpha value is -2.51. The van der Waals surface area contributed by atoms with Crippen LogP contribution in [0.2, 0.25) is 0 Å². The molecular formula is C24H27O3P. The molecule has 3 nitrogen and oxygen atoms in total. The number of hydrogen-bond donors (Lipinski definition) is 1. The lowest BCUT2D eigenvalue weighted by Crippen LogP contribution is -2.19. The summed E-state index contributed by atoms with van der Waals surface area (Å²) in [6.45, 7) is 6.15. The van der Waals surface area contributed by atoms with Gasteiger partial charge in [0.15, 0.2) is 0 Å². The van der Waals surface area contributed by atoms with Gasteiger partial charge in [0.05, 0.1) is 14.2 Å². The van der Waals surface area contributed by atoms with Crippen LogP contribution in [0, 0.1) is 20.8 Å². The molecule has 0 radical (unpaired) electrons. The third-order valence-electron chi connectivity index (χ3n) is 5.10.